The monoisotopic (exact) mass is 487 g/mol. The van der Waals surface area contributed by atoms with Gasteiger partial charge >= 0.3 is 12.1 Å². The van der Waals surface area contributed by atoms with E-state index in [2.05, 4.69) is 11.7 Å². The van der Waals surface area contributed by atoms with Gasteiger partial charge in [-0.15, -0.1) is 6.58 Å². The Morgan fingerprint density at radius 2 is 1.86 bits per heavy atom. The average molecular weight is 487 g/mol. The van der Waals surface area contributed by atoms with E-state index in [0.29, 0.717) is 16.6 Å². The second kappa shape index (κ2) is 9.03. The van der Waals surface area contributed by atoms with Gasteiger partial charge in [0.1, 0.15) is 11.5 Å². The molecule has 0 spiro atoms. The number of aromatic nitrogens is 3. The maximum atomic E-state index is 14.4. The lowest BCUT2D eigenvalue weighted by Gasteiger charge is -2.30. The summed E-state index contributed by atoms with van der Waals surface area (Å²) >= 11 is 0. The van der Waals surface area contributed by atoms with Gasteiger partial charge < -0.3 is 14.4 Å². The number of allylic oxidation sites excluding steroid dienone is 1. The minimum Gasteiger partial charge on any atom is -0.461 e. The molecule has 0 aliphatic carbocycles. The number of aliphatic hydroxyl groups is 1. The van der Waals surface area contributed by atoms with Crippen molar-refractivity contribution in [2.45, 2.75) is 25.2 Å². The third-order valence-electron chi connectivity index (χ3n) is 5.59. The number of fused-ring (bicyclic) bond motifs is 1. The lowest BCUT2D eigenvalue weighted by atomic mass is 9.86. The molecule has 2 heterocycles. The van der Waals surface area contributed by atoms with E-state index in [1.54, 1.807) is 6.92 Å². The predicted octanol–water partition coefficient (Wildman–Crippen LogP) is 5.13. The summed E-state index contributed by atoms with van der Waals surface area (Å²) < 4.78 is 64.1. The molecule has 2 aromatic carbocycles. The van der Waals surface area contributed by atoms with E-state index in [1.165, 1.54) is 57.9 Å². The van der Waals surface area contributed by atoms with E-state index in [1.807, 2.05) is 0 Å². The second-order valence-electron chi connectivity index (χ2n) is 7.79. The zero-order valence-corrected chi connectivity index (χ0v) is 18.6. The van der Waals surface area contributed by atoms with Crippen LogP contribution in [-0.4, -0.2) is 38.2 Å². The van der Waals surface area contributed by atoms with Crippen molar-refractivity contribution in [1.29, 1.82) is 0 Å². The molecule has 0 bridgehead atoms. The van der Waals surface area contributed by atoms with Gasteiger partial charge in [-0.3, -0.25) is 0 Å². The fourth-order valence-corrected chi connectivity index (χ4v) is 3.91. The van der Waals surface area contributed by atoms with E-state index in [9.17, 15) is 27.5 Å². The molecule has 0 amide bonds. The van der Waals surface area contributed by atoms with Crippen LogP contribution in [0, 0.1) is 5.82 Å². The summed E-state index contributed by atoms with van der Waals surface area (Å²) in [6, 6.07) is 10.2. The normalized spacial score (nSPS) is 13.5. The molecule has 35 heavy (non-hydrogen) atoms. The molecular weight excluding hydrogens is 466 g/mol. The summed E-state index contributed by atoms with van der Waals surface area (Å²) in [5.41, 5.74) is -3.59. The summed E-state index contributed by atoms with van der Waals surface area (Å²) in [6.07, 6.45) is -1.30. The van der Waals surface area contributed by atoms with Crippen molar-refractivity contribution in [3.63, 3.8) is 0 Å². The molecule has 1 unspecified atom stereocenters. The molecule has 0 aliphatic heterocycles. The average Bonchev–Trinajstić information content (AvgIpc) is 3.43. The number of alkyl halides is 3. The number of benzene rings is 2. The Morgan fingerprint density at radius 1 is 1.14 bits per heavy atom. The Kier molecular flexibility index (Phi) is 6.25. The van der Waals surface area contributed by atoms with Gasteiger partial charge in [0.15, 0.2) is 0 Å². The molecule has 0 aliphatic rings. The number of hydrogen-bond acceptors (Lipinski definition) is 4. The van der Waals surface area contributed by atoms with Gasteiger partial charge in [-0.25, -0.2) is 13.9 Å². The Bertz CT molecular complexity index is 1390. The highest BCUT2D eigenvalue weighted by Gasteiger charge is 2.57. The Hall–Kier alpha value is -3.92. The molecule has 4 rings (SSSR count). The number of carbonyl (C=O) groups excluding carboxylic acids is 1. The van der Waals surface area contributed by atoms with Crippen LogP contribution in [0.4, 0.5) is 17.6 Å². The fraction of sp³-hybridized carbons (Fsp3) is 0.200. The first-order chi connectivity index (χ1) is 16.6. The molecule has 0 fully saturated rings. The summed E-state index contributed by atoms with van der Waals surface area (Å²) in [6.45, 7) is 5.20. The van der Waals surface area contributed by atoms with Gasteiger partial charge in [0.05, 0.1) is 24.0 Å². The number of ether oxygens (including phenoxy) is 1. The zero-order chi connectivity index (χ0) is 25.4. The number of rotatable bonds is 7. The summed E-state index contributed by atoms with van der Waals surface area (Å²) in [4.78, 5) is 12.3. The fourth-order valence-electron chi connectivity index (χ4n) is 3.91. The summed E-state index contributed by atoms with van der Waals surface area (Å²) in [7, 11) is 0. The first-order valence-electron chi connectivity index (χ1n) is 10.6. The summed E-state index contributed by atoms with van der Waals surface area (Å²) in [5, 5.41) is 15.7. The minimum atomic E-state index is -5.13. The lowest BCUT2D eigenvalue weighted by molar-refractivity contribution is -0.248. The van der Waals surface area contributed by atoms with Crippen LogP contribution < -0.4 is 0 Å². The van der Waals surface area contributed by atoms with Gasteiger partial charge in [0.2, 0.25) is 5.60 Å². The maximum Gasteiger partial charge on any atom is 0.425 e. The van der Waals surface area contributed by atoms with Crippen molar-refractivity contribution >= 4 is 16.9 Å². The van der Waals surface area contributed by atoms with Crippen LogP contribution in [0.5, 0.6) is 0 Å². The van der Waals surface area contributed by atoms with Crippen LogP contribution in [0.25, 0.3) is 16.6 Å². The Balaban J connectivity index is 1.85. The van der Waals surface area contributed by atoms with Gasteiger partial charge in [-0.2, -0.15) is 18.3 Å². The molecule has 0 saturated carbocycles. The van der Waals surface area contributed by atoms with E-state index in [-0.39, 0.29) is 18.8 Å². The van der Waals surface area contributed by atoms with Gasteiger partial charge in [0.25, 0.3) is 0 Å². The third kappa shape index (κ3) is 4.21. The second-order valence-corrected chi connectivity index (χ2v) is 7.79. The van der Waals surface area contributed by atoms with E-state index >= 15 is 0 Å². The largest absolute Gasteiger partial charge is 0.461 e. The topological polar surface area (TPSA) is 69.3 Å². The molecule has 0 saturated heterocycles. The van der Waals surface area contributed by atoms with Crippen molar-refractivity contribution in [1.82, 2.24) is 14.3 Å². The zero-order valence-electron chi connectivity index (χ0n) is 18.6. The quantitative estimate of drug-likeness (QED) is 0.223. The number of hydrogen-bond donors (Lipinski definition) is 1. The molecule has 1 N–H and O–H groups in total. The smallest absolute Gasteiger partial charge is 0.425 e. The van der Waals surface area contributed by atoms with Crippen molar-refractivity contribution in [3.05, 3.63) is 96.2 Å². The SMILES string of the molecule is C=CCn1cc(C(O)(c2ccc3c(cnn3-c3ccc(F)cc3)c2)C(F)(F)F)cc1C(=O)OCC. The van der Waals surface area contributed by atoms with Crippen molar-refractivity contribution in [2.75, 3.05) is 6.61 Å². The molecule has 10 heteroatoms. The number of esters is 1. The number of nitrogens with zero attached hydrogens (tertiary/aromatic N) is 3. The molecule has 1 atom stereocenters. The van der Waals surface area contributed by atoms with Crippen molar-refractivity contribution in [2.24, 2.45) is 0 Å². The summed E-state index contributed by atoms with van der Waals surface area (Å²) in [5.74, 6) is -1.26. The van der Waals surface area contributed by atoms with E-state index in [4.69, 9.17) is 4.74 Å². The van der Waals surface area contributed by atoms with Crippen molar-refractivity contribution in [3.8, 4) is 5.69 Å². The van der Waals surface area contributed by atoms with Crippen LogP contribution in [0.2, 0.25) is 0 Å². The van der Waals surface area contributed by atoms with Crippen LogP contribution in [0.3, 0.4) is 0 Å². The maximum absolute atomic E-state index is 14.4. The number of carbonyl (C=O) groups is 1. The molecule has 182 valence electrons. The Morgan fingerprint density at radius 3 is 2.49 bits per heavy atom. The van der Waals surface area contributed by atoms with Crippen LogP contribution in [0.1, 0.15) is 28.5 Å². The van der Waals surface area contributed by atoms with Gasteiger partial charge in [-0.1, -0.05) is 12.1 Å². The van der Waals surface area contributed by atoms with Crippen LogP contribution in [0.15, 0.2) is 73.6 Å². The highest BCUT2D eigenvalue weighted by molar-refractivity contribution is 5.88. The lowest BCUT2D eigenvalue weighted by Crippen LogP contribution is -2.43. The molecular formula is C25H21F4N3O3. The van der Waals surface area contributed by atoms with Crippen LogP contribution >= 0.6 is 0 Å². The van der Waals surface area contributed by atoms with E-state index < -0.39 is 34.7 Å². The first kappa shape index (κ1) is 24.2. The molecule has 2 aromatic heterocycles. The first-order valence-corrected chi connectivity index (χ1v) is 10.6. The Labute approximate surface area is 197 Å². The molecule has 4 aromatic rings. The van der Waals surface area contributed by atoms with Gasteiger partial charge in [0, 0.05) is 23.7 Å². The van der Waals surface area contributed by atoms with Crippen molar-refractivity contribution < 1.29 is 32.2 Å². The molecule has 0 radical (unpaired) electrons. The van der Waals surface area contributed by atoms with Gasteiger partial charge in [-0.05, 0) is 55.0 Å². The highest BCUT2D eigenvalue weighted by atomic mass is 19.4. The van der Waals surface area contributed by atoms with Crippen LogP contribution in [-0.2, 0) is 16.9 Å². The third-order valence-corrected chi connectivity index (χ3v) is 5.59. The minimum absolute atomic E-state index is 0.0333. The number of halogens is 4. The highest BCUT2D eigenvalue weighted by Crippen LogP contribution is 2.45. The standard InChI is InChI=1S/C25H21F4N3O3/c1-3-11-31-15-18(13-22(31)23(33)35-4-2)24(34,25(27,28)29)17-5-10-21-16(12-17)14-30-32(21)20-8-6-19(26)7-9-20/h3,5-10,12-15,34H,1,4,11H2,2H3. The predicted molar refractivity (Wildman–Crippen MR) is 121 cm³/mol. The van der Waals surface area contributed by atoms with E-state index in [0.717, 1.165) is 18.3 Å². The molecule has 6 nitrogen and oxygen atoms in total.